The van der Waals surface area contributed by atoms with E-state index in [9.17, 15) is 13.2 Å². The molecule has 1 N–H and O–H groups in total. The second-order valence-corrected chi connectivity index (χ2v) is 10.2. The van der Waals surface area contributed by atoms with Crippen LogP contribution >= 0.6 is 0 Å². The number of hydrazone groups is 1. The van der Waals surface area contributed by atoms with Gasteiger partial charge in [0.1, 0.15) is 0 Å². The number of nitrogens with one attached hydrogen (secondary N) is 1. The van der Waals surface area contributed by atoms with Crippen LogP contribution in [0.2, 0.25) is 0 Å². The van der Waals surface area contributed by atoms with E-state index in [1.54, 1.807) is 30.5 Å². The Morgan fingerprint density at radius 3 is 2.12 bits per heavy atom. The Kier molecular flexibility index (Phi) is 7.66. The van der Waals surface area contributed by atoms with Gasteiger partial charge in [-0.3, -0.25) is 9.10 Å². The summed E-state index contributed by atoms with van der Waals surface area (Å²) in [7, 11) is -3.50. The molecule has 33 heavy (non-hydrogen) atoms. The maximum Gasteiger partial charge on any atom is 0.271 e. The predicted molar refractivity (Wildman–Crippen MR) is 134 cm³/mol. The van der Waals surface area contributed by atoms with Crippen molar-refractivity contribution < 1.29 is 13.2 Å². The summed E-state index contributed by atoms with van der Waals surface area (Å²) in [6, 6.07) is 22.1. The molecule has 3 aromatic rings. The Hall–Kier alpha value is -3.45. The lowest BCUT2D eigenvalue weighted by Crippen LogP contribution is -2.29. The maximum absolute atomic E-state index is 12.4. The molecular weight excluding hydrogens is 434 g/mol. The number of sulfonamides is 1. The highest BCUT2D eigenvalue weighted by molar-refractivity contribution is 7.92. The van der Waals surface area contributed by atoms with E-state index in [2.05, 4.69) is 24.4 Å². The summed E-state index contributed by atoms with van der Waals surface area (Å²) in [4.78, 5) is 12.4. The van der Waals surface area contributed by atoms with Crippen LogP contribution in [0.15, 0.2) is 77.9 Å². The first kappa shape index (κ1) is 24.2. The highest BCUT2D eigenvalue weighted by Gasteiger charge is 2.18. The quantitative estimate of drug-likeness (QED) is 0.383. The van der Waals surface area contributed by atoms with E-state index in [1.807, 2.05) is 55.5 Å². The second-order valence-electron chi connectivity index (χ2n) is 8.32. The monoisotopic (exact) mass is 463 g/mol. The fraction of sp³-hybridized carbons (Fsp3) is 0.231. The van der Waals surface area contributed by atoms with Crippen molar-refractivity contribution in [3.63, 3.8) is 0 Å². The molecule has 0 aliphatic heterocycles. The number of carbonyl (C=O) groups excluding carboxylic acids is 1. The molecule has 0 fully saturated rings. The van der Waals surface area contributed by atoms with Gasteiger partial charge < -0.3 is 0 Å². The van der Waals surface area contributed by atoms with E-state index < -0.39 is 10.0 Å². The van der Waals surface area contributed by atoms with Crippen LogP contribution in [0.3, 0.4) is 0 Å². The standard InChI is InChI=1S/C26H29N3O3S/c1-19(2)23-11-9-21(10-12-23)17-27-28-26(30)24-13-15-25(16-14-24)29(33(4,31)32)18-22-7-5-20(3)6-8-22/h5-17,19H,18H2,1-4H3,(H,28,30)/b27-17-. The van der Waals surface area contributed by atoms with Crippen molar-refractivity contribution in [3.05, 3.63) is 101 Å². The molecule has 0 aromatic heterocycles. The zero-order valence-electron chi connectivity index (χ0n) is 19.3. The Bertz CT molecular complexity index is 1220. The fourth-order valence-corrected chi connectivity index (χ4v) is 4.12. The smallest absolute Gasteiger partial charge is 0.267 e. The minimum absolute atomic E-state index is 0.213. The summed E-state index contributed by atoms with van der Waals surface area (Å²) < 4.78 is 26.1. The second kappa shape index (κ2) is 10.4. The van der Waals surface area contributed by atoms with Crippen LogP contribution in [-0.2, 0) is 16.6 Å². The largest absolute Gasteiger partial charge is 0.271 e. The van der Waals surface area contributed by atoms with E-state index in [4.69, 9.17) is 0 Å². The Labute approximate surface area is 196 Å². The van der Waals surface area contributed by atoms with Gasteiger partial charge in [-0.15, -0.1) is 0 Å². The molecule has 6 nitrogen and oxygen atoms in total. The highest BCUT2D eigenvalue weighted by Crippen LogP contribution is 2.21. The van der Waals surface area contributed by atoms with E-state index in [1.165, 1.54) is 16.1 Å². The summed E-state index contributed by atoms with van der Waals surface area (Å²) in [5, 5.41) is 4.02. The molecule has 0 bridgehead atoms. The summed E-state index contributed by atoms with van der Waals surface area (Å²) in [6.45, 7) is 6.46. The lowest BCUT2D eigenvalue weighted by atomic mass is 10.0. The third-order valence-electron chi connectivity index (χ3n) is 5.25. The molecule has 0 atom stereocenters. The van der Waals surface area contributed by atoms with Gasteiger partial charge >= 0.3 is 0 Å². The summed E-state index contributed by atoms with van der Waals surface area (Å²) in [5.41, 5.74) is 7.49. The van der Waals surface area contributed by atoms with Crippen molar-refractivity contribution in [1.82, 2.24) is 5.43 Å². The normalized spacial score (nSPS) is 11.7. The van der Waals surface area contributed by atoms with Gasteiger partial charge in [-0.05, 0) is 53.8 Å². The lowest BCUT2D eigenvalue weighted by molar-refractivity contribution is 0.0955. The minimum Gasteiger partial charge on any atom is -0.267 e. The van der Waals surface area contributed by atoms with Crippen LogP contribution in [0.5, 0.6) is 0 Å². The molecule has 0 radical (unpaired) electrons. The number of benzene rings is 3. The predicted octanol–water partition coefficient (Wildman–Crippen LogP) is 4.85. The third-order valence-corrected chi connectivity index (χ3v) is 6.39. The van der Waals surface area contributed by atoms with Crippen LogP contribution in [0.4, 0.5) is 5.69 Å². The third kappa shape index (κ3) is 6.76. The summed E-state index contributed by atoms with van der Waals surface area (Å²) in [6.07, 6.45) is 2.76. The number of nitrogens with zero attached hydrogens (tertiary/aromatic N) is 2. The van der Waals surface area contributed by atoms with Crippen molar-refractivity contribution in [1.29, 1.82) is 0 Å². The Morgan fingerprint density at radius 1 is 0.970 bits per heavy atom. The molecule has 0 unspecified atom stereocenters. The molecule has 0 heterocycles. The number of anilines is 1. The zero-order valence-corrected chi connectivity index (χ0v) is 20.1. The van der Waals surface area contributed by atoms with Gasteiger partial charge in [-0.1, -0.05) is 67.9 Å². The average molecular weight is 464 g/mol. The molecule has 0 saturated heterocycles. The maximum atomic E-state index is 12.4. The van der Waals surface area contributed by atoms with Crippen molar-refractivity contribution in [3.8, 4) is 0 Å². The molecule has 7 heteroatoms. The van der Waals surface area contributed by atoms with Crippen LogP contribution in [0, 0.1) is 6.92 Å². The molecular formula is C26H29N3O3S. The van der Waals surface area contributed by atoms with Gasteiger partial charge in [0.05, 0.1) is 24.7 Å². The number of hydrogen-bond donors (Lipinski definition) is 1. The van der Waals surface area contributed by atoms with Crippen molar-refractivity contribution in [2.45, 2.75) is 33.2 Å². The molecule has 0 saturated carbocycles. The van der Waals surface area contributed by atoms with Gasteiger partial charge in [0.25, 0.3) is 5.91 Å². The average Bonchev–Trinajstić information content (AvgIpc) is 2.78. The zero-order chi connectivity index (χ0) is 24.0. The Balaban J connectivity index is 1.68. The highest BCUT2D eigenvalue weighted by atomic mass is 32.2. The van der Waals surface area contributed by atoms with E-state index in [0.717, 1.165) is 16.7 Å². The van der Waals surface area contributed by atoms with Gasteiger partial charge in [-0.25, -0.2) is 13.8 Å². The fourth-order valence-electron chi connectivity index (χ4n) is 3.24. The van der Waals surface area contributed by atoms with Crippen LogP contribution in [0.1, 0.15) is 52.4 Å². The van der Waals surface area contributed by atoms with Gasteiger partial charge in [-0.2, -0.15) is 5.10 Å². The first-order valence-corrected chi connectivity index (χ1v) is 12.5. The molecule has 0 aliphatic carbocycles. The SMILES string of the molecule is Cc1ccc(CN(c2ccc(C(=O)N/N=C\c3ccc(C(C)C)cc3)cc2)S(C)(=O)=O)cc1. The number of hydrogen-bond acceptors (Lipinski definition) is 4. The van der Waals surface area contributed by atoms with Crippen LogP contribution < -0.4 is 9.73 Å². The number of carbonyl (C=O) groups is 1. The number of aryl methyl sites for hydroxylation is 1. The minimum atomic E-state index is -3.50. The van der Waals surface area contributed by atoms with E-state index in [0.29, 0.717) is 17.2 Å². The molecule has 0 spiro atoms. The molecule has 172 valence electrons. The lowest BCUT2D eigenvalue weighted by Gasteiger charge is -2.22. The van der Waals surface area contributed by atoms with E-state index in [-0.39, 0.29) is 12.5 Å². The van der Waals surface area contributed by atoms with Crippen LogP contribution in [0.25, 0.3) is 0 Å². The van der Waals surface area contributed by atoms with Gasteiger partial charge in [0.2, 0.25) is 10.0 Å². The Morgan fingerprint density at radius 2 is 1.58 bits per heavy atom. The molecule has 3 aromatic carbocycles. The first-order chi connectivity index (χ1) is 15.6. The first-order valence-electron chi connectivity index (χ1n) is 10.7. The van der Waals surface area contributed by atoms with E-state index >= 15 is 0 Å². The van der Waals surface area contributed by atoms with Crippen LogP contribution in [-0.4, -0.2) is 26.8 Å². The topological polar surface area (TPSA) is 78.8 Å². The number of rotatable bonds is 8. The summed E-state index contributed by atoms with van der Waals surface area (Å²) in [5.74, 6) is 0.0789. The molecule has 1 amide bonds. The molecule has 0 aliphatic rings. The van der Waals surface area contributed by atoms with Gasteiger partial charge in [0.15, 0.2) is 0 Å². The van der Waals surface area contributed by atoms with Crippen molar-refractivity contribution >= 4 is 27.8 Å². The summed E-state index contributed by atoms with van der Waals surface area (Å²) >= 11 is 0. The number of amides is 1. The van der Waals surface area contributed by atoms with Crippen molar-refractivity contribution in [2.24, 2.45) is 5.10 Å². The van der Waals surface area contributed by atoms with Crippen molar-refractivity contribution in [2.75, 3.05) is 10.6 Å². The molecule has 3 rings (SSSR count). The van der Waals surface area contributed by atoms with Gasteiger partial charge in [0, 0.05) is 5.56 Å².